The number of benzene rings is 2. The van der Waals surface area contributed by atoms with Crippen LogP contribution in [0.1, 0.15) is 19.4 Å². The Morgan fingerprint density at radius 1 is 1.19 bits per heavy atom. The molecule has 0 fully saturated rings. The molecule has 0 aliphatic heterocycles. The normalized spacial score (nSPS) is 11.7. The van der Waals surface area contributed by atoms with Gasteiger partial charge in [0, 0.05) is 23.8 Å². The highest BCUT2D eigenvalue weighted by Gasteiger charge is 2.11. The molecule has 0 radical (unpaired) electrons. The molecule has 8 heteroatoms. The summed E-state index contributed by atoms with van der Waals surface area (Å²) in [7, 11) is -3.25. The summed E-state index contributed by atoms with van der Waals surface area (Å²) < 4.78 is 30.1. The molecule has 0 saturated heterocycles. The number of aromatic nitrogens is 2. The molecule has 0 aliphatic carbocycles. The minimum atomic E-state index is -3.25. The number of sulfone groups is 1. The molecule has 27 heavy (non-hydrogen) atoms. The lowest BCUT2D eigenvalue weighted by Crippen LogP contribution is -2.11. The van der Waals surface area contributed by atoms with Crippen LogP contribution in [0.4, 0.5) is 5.82 Å². The van der Waals surface area contributed by atoms with Gasteiger partial charge in [0.1, 0.15) is 24.5 Å². The number of rotatable bonds is 6. The summed E-state index contributed by atoms with van der Waals surface area (Å²) in [6.07, 6.45) is 2.70. The number of nitrogens with zero attached hydrogens (tertiary/aromatic N) is 2. The largest absolute Gasteiger partial charge is 0.488 e. The van der Waals surface area contributed by atoms with Gasteiger partial charge in [-0.25, -0.2) is 18.4 Å². The van der Waals surface area contributed by atoms with Crippen molar-refractivity contribution < 1.29 is 13.2 Å². The van der Waals surface area contributed by atoms with E-state index in [1.54, 1.807) is 18.2 Å². The van der Waals surface area contributed by atoms with Crippen molar-refractivity contribution >= 4 is 42.5 Å². The second-order valence-electron chi connectivity index (χ2n) is 6.53. The van der Waals surface area contributed by atoms with Crippen molar-refractivity contribution in [1.29, 1.82) is 0 Å². The lowest BCUT2D eigenvalue weighted by atomic mass is 10.2. The predicted octanol–water partition coefficient (Wildman–Crippen LogP) is 4.20. The molecule has 1 heterocycles. The van der Waals surface area contributed by atoms with E-state index in [9.17, 15) is 8.42 Å². The minimum absolute atomic E-state index is 0.246. The number of halogens is 1. The number of fused-ring (bicyclic) bond motifs is 1. The van der Waals surface area contributed by atoms with Crippen molar-refractivity contribution in [2.45, 2.75) is 31.4 Å². The Labute approximate surface area is 167 Å². The molecule has 3 rings (SSSR count). The van der Waals surface area contributed by atoms with Crippen LogP contribution in [0.15, 0.2) is 52.1 Å². The van der Waals surface area contributed by atoms with E-state index in [4.69, 9.17) is 4.74 Å². The third kappa shape index (κ3) is 4.75. The molecule has 142 valence electrons. The molecule has 0 spiro atoms. The van der Waals surface area contributed by atoms with Gasteiger partial charge >= 0.3 is 0 Å². The zero-order chi connectivity index (χ0) is 19.6. The van der Waals surface area contributed by atoms with Crippen LogP contribution >= 0.6 is 15.9 Å². The quantitative estimate of drug-likeness (QED) is 0.607. The fourth-order valence-electron chi connectivity index (χ4n) is 2.58. The third-order valence-corrected chi connectivity index (χ3v) is 5.57. The molecule has 0 amide bonds. The Bertz CT molecular complexity index is 1080. The molecule has 3 aromatic rings. The summed E-state index contributed by atoms with van der Waals surface area (Å²) in [6.45, 7) is 4.34. The van der Waals surface area contributed by atoms with Crippen LogP contribution in [0.25, 0.3) is 10.9 Å². The number of hydrogen-bond donors (Lipinski definition) is 1. The van der Waals surface area contributed by atoms with Gasteiger partial charge in [0.15, 0.2) is 9.84 Å². The Balaban J connectivity index is 1.87. The van der Waals surface area contributed by atoms with Gasteiger partial charge in [0.2, 0.25) is 0 Å². The number of hydrogen-bond acceptors (Lipinski definition) is 6. The lowest BCUT2D eigenvalue weighted by Gasteiger charge is -2.13. The molecule has 0 saturated carbocycles. The van der Waals surface area contributed by atoms with Crippen LogP contribution < -0.4 is 10.1 Å². The van der Waals surface area contributed by atoms with Crippen LogP contribution in [0.2, 0.25) is 0 Å². The van der Waals surface area contributed by atoms with Gasteiger partial charge in [0.25, 0.3) is 0 Å². The first-order chi connectivity index (χ1) is 12.7. The maximum Gasteiger partial charge on any atom is 0.175 e. The molecule has 1 aromatic heterocycles. The van der Waals surface area contributed by atoms with Crippen molar-refractivity contribution in [3.63, 3.8) is 0 Å². The summed E-state index contributed by atoms with van der Waals surface area (Å²) in [5.74, 6) is 1.39. The highest BCUT2D eigenvalue weighted by atomic mass is 79.9. The van der Waals surface area contributed by atoms with Gasteiger partial charge in [-0.3, -0.25) is 0 Å². The Morgan fingerprint density at radius 3 is 2.67 bits per heavy atom. The van der Waals surface area contributed by atoms with E-state index in [0.29, 0.717) is 5.75 Å². The number of ether oxygens (including phenoxy) is 1. The Hall–Kier alpha value is -2.19. The van der Waals surface area contributed by atoms with Crippen LogP contribution in [0, 0.1) is 0 Å². The zero-order valence-electron chi connectivity index (χ0n) is 15.2. The van der Waals surface area contributed by atoms with Gasteiger partial charge in [0.05, 0.1) is 14.9 Å². The topological polar surface area (TPSA) is 81.2 Å². The van der Waals surface area contributed by atoms with Gasteiger partial charge in [-0.05, 0) is 53.5 Å². The standard InChI is InChI=1S/C19H20BrN3O3S/c1-12(2)23-19-15-8-16(20)18(9-17(15)21-11-22-19)26-10-13-5-4-6-14(7-13)27(3,24)25/h4-9,11-12H,10H2,1-3H3,(H,21,22,23). The molecular formula is C19H20BrN3O3S. The second kappa shape index (κ2) is 7.82. The summed E-state index contributed by atoms with van der Waals surface area (Å²) in [6, 6.07) is 10.7. The SMILES string of the molecule is CC(C)Nc1ncnc2cc(OCc3cccc(S(C)(=O)=O)c3)c(Br)cc12. The lowest BCUT2D eigenvalue weighted by molar-refractivity contribution is 0.304. The van der Waals surface area contributed by atoms with Crippen LogP contribution in [-0.4, -0.2) is 30.7 Å². The van der Waals surface area contributed by atoms with E-state index in [1.807, 2.05) is 32.0 Å². The fourth-order valence-corrected chi connectivity index (χ4v) is 3.73. The molecule has 0 aliphatic rings. The smallest absolute Gasteiger partial charge is 0.175 e. The average molecular weight is 450 g/mol. The first kappa shape index (κ1) is 19.6. The number of anilines is 1. The van der Waals surface area contributed by atoms with Crippen molar-refractivity contribution in [3.05, 3.63) is 52.8 Å². The van der Waals surface area contributed by atoms with Crippen molar-refractivity contribution in [3.8, 4) is 5.75 Å². The van der Waals surface area contributed by atoms with E-state index >= 15 is 0 Å². The van der Waals surface area contributed by atoms with E-state index in [-0.39, 0.29) is 17.5 Å². The fraction of sp³-hybridized carbons (Fsp3) is 0.263. The summed E-state index contributed by atoms with van der Waals surface area (Å²) >= 11 is 3.53. The first-order valence-corrected chi connectivity index (χ1v) is 11.0. The van der Waals surface area contributed by atoms with Crippen LogP contribution in [0.5, 0.6) is 5.75 Å². The van der Waals surface area contributed by atoms with Crippen LogP contribution in [0.3, 0.4) is 0 Å². The molecule has 6 nitrogen and oxygen atoms in total. The van der Waals surface area contributed by atoms with Crippen LogP contribution in [-0.2, 0) is 16.4 Å². The predicted molar refractivity (Wildman–Crippen MR) is 110 cm³/mol. The van der Waals surface area contributed by atoms with Gasteiger partial charge in [-0.15, -0.1) is 0 Å². The third-order valence-electron chi connectivity index (χ3n) is 3.84. The summed E-state index contributed by atoms with van der Waals surface area (Å²) in [4.78, 5) is 8.90. The average Bonchev–Trinajstić information content (AvgIpc) is 2.60. The number of nitrogens with one attached hydrogen (secondary N) is 1. The maximum atomic E-state index is 11.7. The van der Waals surface area contributed by atoms with Gasteiger partial charge in [-0.2, -0.15) is 0 Å². The summed E-state index contributed by atoms with van der Waals surface area (Å²) in [5, 5.41) is 4.20. The Morgan fingerprint density at radius 2 is 1.96 bits per heavy atom. The molecule has 0 atom stereocenters. The zero-order valence-corrected chi connectivity index (χ0v) is 17.6. The van der Waals surface area contributed by atoms with Crippen molar-refractivity contribution in [2.24, 2.45) is 0 Å². The van der Waals surface area contributed by atoms with E-state index < -0.39 is 9.84 Å². The monoisotopic (exact) mass is 449 g/mol. The summed E-state index contributed by atoms with van der Waals surface area (Å²) in [5.41, 5.74) is 1.53. The highest BCUT2D eigenvalue weighted by molar-refractivity contribution is 9.10. The molecule has 2 aromatic carbocycles. The van der Waals surface area contributed by atoms with E-state index in [1.165, 1.54) is 12.6 Å². The Kier molecular flexibility index (Phi) is 5.67. The van der Waals surface area contributed by atoms with Crippen molar-refractivity contribution in [1.82, 2.24) is 9.97 Å². The molecular weight excluding hydrogens is 430 g/mol. The van der Waals surface area contributed by atoms with E-state index in [2.05, 4.69) is 31.2 Å². The molecule has 0 unspecified atom stereocenters. The maximum absolute atomic E-state index is 11.7. The molecule has 1 N–H and O–H groups in total. The van der Waals surface area contributed by atoms with Gasteiger partial charge in [-0.1, -0.05) is 12.1 Å². The first-order valence-electron chi connectivity index (χ1n) is 8.36. The van der Waals surface area contributed by atoms with E-state index in [0.717, 1.165) is 26.8 Å². The minimum Gasteiger partial charge on any atom is -0.488 e. The highest BCUT2D eigenvalue weighted by Crippen LogP contribution is 2.32. The van der Waals surface area contributed by atoms with Crippen molar-refractivity contribution in [2.75, 3.05) is 11.6 Å². The van der Waals surface area contributed by atoms with Gasteiger partial charge < -0.3 is 10.1 Å². The second-order valence-corrected chi connectivity index (χ2v) is 9.40. The molecule has 0 bridgehead atoms.